The van der Waals surface area contributed by atoms with Gasteiger partial charge in [0.15, 0.2) is 10.4 Å². The van der Waals surface area contributed by atoms with Crippen molar-refractivity contribution in [2.24, 2.45) is 7.05 Å². The maximum Gasteiger partial charge on any atom is 0.287 e. The molecule has 5 nitrogen and oxygen atoms in total. The first-order valence-corrected chi connectivity index (χ1v) is 6.70. The van der Waals surface area contributed by atoms with Gasteiger partial charge in [-0.05, 0) is 46.6 Å². The highest BCUT2D eigenvalue weighted by Crippen LogP contribution is 2.16. The topological polar surface area (TPSA) is 67.4 Å². The Hall–Kier alpha value is -1.53. The number of furan rings is 1. The van der Waals surface area contributed by atoms with E-state index in [1.807, 2.05) is 29.9 Å². The van der Waals surface area contributed by atoms with Crippen molar-refractivity contribution in [2.45, 2.75) is 12.5 Å². The molecule has 0 fully saturated rings. The minimum atomic E-state index is -0.594. The fourth-order valence-corrected chi connectivity index (χ4v) is 2.12. The molecule has 0 aliphatic rings. The largest absolute Gasteiger partial charge is 0.444 e. The predicted molar refractivity (Wildman–Crippen MR) is 73.7 cm³/mol. The summed E-state index contributed by atoms with van der Waals surface area (Å²) < 4.78 is 7.50. The molecule has 0 spiro atoms. The van der Waals surface area contributed by atoms with E-state index in [-0.39, 0.29) is 11.7 Å². The molecule has 0 radical (unpaired) electrons. The van der Waals surface area contributed by atoms with Gasteiger partial charge in [-0.2, -0.15) is 0 Å². The van der Waals surface area contributed by atoms with Crippen molar-refractivity contribution in [3.8, 4) is 0 Å². The zero-order chi connectivity index (χ0) is 13.8. The Kier molecular flexibility index (Phi) is 4.44. The summed E-state index contributed by atoms with van der Waals surface area (Å²) in [4.78, 5) is 11.7. The number of aliphatic hydroxyl groups is 1. The summed E-state index contributed by atoms with van der Waals surface area (Å²) in [7, 11) is 1.87. The van der Waals surface area contributed by atoms with Gasteiger partial charge < -0.3 is 19.4 Å². The molecule has 1 atom stereocenters. The Morgan fingerprint density at radius 1 is 1.53 bits per heavy atom. The predicted octanol–water partition coefficient (Wildman–Crippen LogP) is 2.23. The van der Waals surface area contributed by atoms with Crippen molar-refractivity contribution in [2.75, 3.05) is 6.54 Å². The Balaban J connectivity index is 1.81. The molecule has 6 heteroatoms. The minimum Gasteiger partial charge on any atom is -0.444 e. The molecule has 2 heterocycles. The van der Waals surface area contributed by atoms with Gasteiger partial charge in [-0.3, -0.25) is 4.79 Å². The van der Waals surface area contributed by atoms with Crippen LogP contribution in [0.1, 0.15) is 28.8 Å². The van der Waals surface area contributed by atoms with Crippen molar-refractivity contribution in [3.05, 3.63) is 46.6 Å². The molecule has 1 amide bonds. The number of aromatic nitrogens is 1. The SMILES string of the molecule is Cn1cccc1C(O)CCNC(=O)c1ccc(Br)o1. The summed E-state index contributed by atoms with van der Waals surface area (Å²) >= 11 is 3.14. The summed E-state index contributed by atoms with van der Waals surface area (Å²) in [6.07, 6.45) is 1.73. The van der Waals surface area contributed by atoms with Crippen LogP contribution in [-0.2, 0) is 7.05 Å². The number of aryl methyl sites for hydroxylation is 1. The number of nitrogens with one attached hydrogen (secondary N) is 1. The molecular formula is C13H15BrN2O3. The van der Waals surface area contributed by atoms with Gasteiger partial charge in [0, 0.05) is 25.5 Å². The van der Waals surface area contributed by atoms with Crippen LogP contribution in [0.15, 0.2) is 39.5 Å². The Morgan fingerprint density at radius 3 is 2.89 bits per heavy atom. The van der Waals surface area contributed by atoms with Gasteiger partial charge in [-0.25, -0.2) is 0 Å². The van der Waals surface area contributed by atoms with Gasteiger partial charge in [0.05, 0.1) is 6.10 Å². The van der Waals surface area contributed by atoms with E-state index in [2.05, 4.69) is 21.2 Å². The summed E-state index contributed by atoms with van der Waals surface area (Å²) in [5.41, 5.74) is 0.829. The van der Waals surface area contributed by atoms with E-state index in [0.29, 0.717) is 17.6 Å². The van der Waals surface area contributed by atoms with Crippen LogP contribution < -0.4 is 5.32 Å². The van der Waals surface area contributed by atoms with Crippen LogP contribution in [-0.4, -0.2) is 22.1 Å². The van der Waals surface area contributed by atoms with Gasteiger partial charge in [-0.15, -0.1) is 0 Å². The maximum atomic E-state index is 11.7. The second-order valence-corrected chi connectivity index (χ2v) is 4.99. The number of carbonyl (C=O) groups excluding carboxylic acids is 1. The molecule has 19 heavy (non-hydrogen) atoms. The summed E-state index contributed by atoms with van der Waals surface area (Å²) in [5.74, 6) is -0.0370. The summed E-state index contributed by atoms with van der Waals surface area (Å²) in [6, 6.07) is 6.98. The smallest absolute Gasteiger partial charge is 0.287 e. The third-order valence-corrected chi connectivity index (χ3v) is 3.25. The molecule has 102 valence electrons. The van der Waals surface area contributed by atoms with Crippen molar-refractivity contribution in [1.29, 1.82) is 0 Å². The van der Waals surface area contributed by atoms with E-state index < -0.39 is 6.10 Å². The lowest BCUT2D eigenvalue weighted by Gasteiger charge is -2.12. The van der Waals surface area contributed by atoms with Gasteiger partial charge in [0.1, 0.15) is 0 Å². The highest BCUT2D eigenvalue weighted by molar-refractivity contribution is 9.10. The van der Waals surface area contributed by atoms with Crippen LogP contribution in [0.3, 0.4) is 0 Å². The highest BCUT2D eigenvalue weighted by atomic mass is 79.9. The number of amides is 1. The molecule has 2 N–H and O–H groups in total. The number of aliphatic hydroxyl groups excluding tert-OH is 1. The zero-order valence-corrected chi connectivity index (χ0v) is 12.1. The summed E-state index contributed by atoms with van der Waals surface area (Å²) in [6.45, 7) is 0.378. The lowest BCUT2D eigenvalue weighted by Crippen LogP contribution is -2.25. The van der Waals surface area contributed by atoms with Crippen LogP contribution in [0.4, 0.5) is 0 Å². The molecule has 0 aliphatic carbocycles. The average Bonchev–Trinajstić information content (AvgIpc) is 2.97. The van der Waals surface area contributed by atoms with Crippen molar-refractivity contribution >= 4 is 21.8 Å². The minimum absolute atomic E-state index is 0.250. The van der Waals surface area contributed by atoms with Gasteiger partial charge in [0.2, 0.25) is 0 Å². The van der Waals surface area contributed by atoms with Gasteiger partial charge in [0.25, 0.3) is 5.91 Å². The average molecular weight is 327 g/mol. The molecule has 2 rings (SSSR count). The molecular weight excluding hydrogens is 312 g/mol. The van der Waals surface area contributed by atoms with Crippen LogP contribution in [0, 0.1) is 0 Å². The molecule has 0 aliphatic heterocycles. The number of carbonyl (C=O) groups is 1. The second kappa shape index (κ2) is 6.08. The number of hydrogen-bond acceptors (Lipinski definition) is 3. The van der Waals surface area contributed by atoms with Crippen molar-refractivity contribution in [1.82, 2.24) is 9.88 Å². The van der Waals surface area contributed by atoms with Gasteiger partial charge >= 0.3 is 0 Å². The molecule has 0 aromatic carbocycles. The third kappa shape index (κ3) is 3.48. The first kappa shape index (κ1) is 13.9. The fourth-order valence-electron chi connectivity index (χ4n) is 1.81. The van der Waals surface area contributed by atoms with E-state index in [4.69, 9.17) is 4.42 Å². The fraction of sp³-hybridized carbons (Fsp3) is 0.308. The molecule has 0 saturated heterocycles. The van der Waals surface area contributed by atoms with Crippen molar-refractivity contribution in [3.63, 3.8) is 0 Å². The van der Waals surface area contributed by atoms with Crippen LogP contribution in [0.25, 0.3) is 0 Å². The van der Waals surface area contributed by atoms with Gasteiger partial charge in [-0.1, -0.05) is 0 Å². The summed E-state index contributed by atoms with van der Waals surface area (Å²) in [5, 5.41) is 12.7. The Labute approximate surface area is 119 Å². The van der Waals surface area contributed by atoms with Crippen LogP contribution in [0.5, 0.6) is 0 Å². The van der Waals surface area contributed by atoms with E-state index in [1.165, 1.54) is 0 Å². The van der Waals surface area contributed by atoms with Crippen molar-refractivity contribution < 1.29 is 14.3 Å². The normalized spacial score (nSPS) is 12.4. The molecule has 2 aromatic heterocycles. The van der Waals surface area contributed by atoms with Crippen LogP contribution in [0.2, 0.25) is 0 Å². The van der Waals surface area contributed by atoms with E-state index >= 15 is 0 Å². The number of nitrogens with zero attached hydrogens (tertiary/aromatic N) is 1. The number of halogens is 1. The van der Waals surface area contributed by atoms with Crippen LogP contribution >= 0.6 is 15.9 Å². The Morgan fingerprint density at radius 2 is 2.32 bits per heavy atom. The third-order valence-electron chi connectivity index (χ3n) is 2.83. The lowest BCUT2D eigenvalue weighted by molar-refractivity contribution is 0.0912. The lowest BCUT2D eigenvalue weighted by atomic mass is 10.2. The van der Waals surface area contributed by atoms with E-state index in [0.717, 1.165) is 5.69 Å². The van der Waals surface area contributed by atoms with E-state index in [9.17, 15) is 9.90 Å². The highest BCUT2D eigenvalue weighted by Gasteiger charge is 2.13. The molecule has 1 unspecified atom stereocenters. The number of rotatable bonds is 5. The molecule has 0 saturated carbocycles. The standard InChI is InChI=1S/C13H15BrN2O3/c1-16-8-2-3-9(16)10(17)6-7-15-13(18)11-4-5-12(14)19-11/h2-5,8,10,17H,6-7H2,1H3,(H,15,18). The first-order valence-electron chi connectivity index (χ1n) is 5.91. The maximum absolute atomic E-state index is 11.7. The molecule has 0 bridgehead atoms. The monoisotopic (exact) mass is 326 g/mol. The second-order valence-electron chi connectivity index (χ2n) is 4.21. The van der Waals surface area contributed by atoms with E-state index in [1.54, 1.807) is 12.1 Å². The number of hydrogen-bond donors (Lipinski definition) is 2. The zero-order valence-electron chi connectivity index (χ0n) is 10.5. The quantitative estimate of drug-likeness (QED) is 0.885. The first-order chi connectivity index (χ1) is 9.08. The Bertz CT molecular complexity index is 562. The molecule has 2 aromatic rings.